The van der Waals surface area contributed by atoms with E-state index in [-0.39, 0.29) is 5.91 Å². The van der Waals surface area contributed by atoms with Gasteiger partial charge in [-0.15, -0.1) is 0 Å². The van der Waals surface area contributed by atoms with Crippen LogP contribution >= 0.6 is 11.6 Å². The molecule has 0 fully saturated rings. The number of nitrogens with one attached hydrogen (secondary N) is 1. The zero-order valence-electron chi connectivity index (χ0n) is 12.4. The lowest BCUT2D eigenvalue weighted by atomic mass is 10.1. The Morgan fingerprint density at radius 3 is 2.64 bits per heavy atom. The van der Waals surface area contributed by atoms with E-state index in [1.165, 1.54) is 4.90 Å². The summed E-state index contributed by atoms with van der Waals surface area (Å²) < 4.78 is 0. The highest BCUT2D eigenvalue weighted by molar-refractivity contribution is 6.34. The smallest absolute Gasteiger partial charge is 0.254 e. The molecule has 0 saturated heterocycles. The van der Waals surface area contributed by atoms with Crippen LogP contribution in [0.15, 0.2) is 42.5 Å². The number of carbonyl (C=O) groups is 1. The molecule has 112 valence electrons. The number of hydrogen-bond acceptors (Lipinski definition) is 3. The van der Waals surface area contributed by atoms with E-state index in [4.69, 9.17) is 16.9 Å². The summed E-state index contributed by atoms with van der Waals surface area (Å²) in [5.41, 5.74) is 2.82. The van der Waals surface area contributed by atoms with Crippen molar-refractivity contribution >= 4 is 23.2 Å². The summed E-state index contributed by atoms with van der Waals surface area (Å²) in [4.78, 5) is 13.4. The first-order valence-electron chi connectivity index (χ1n) is 6.76. The number of benzene rings is 2. The van der Waals surface area contributed by atoms with Crippen molar-refractivity contribution in [2.45, 2.75) is 6.54 Å². The quantitative estimate of drug-likeness (QED) is 0.939. The molecule has 0 atom stereocenters. The molecule has 0 aromatic heterocycles. The van der Waals surface area contributed by atoms with Gasteiger partial charge < -0.3 is 10.2 Å². The van der Waals surface area contributed by atoms with Crippen LogP contribution < -0.4 is 5.32 Å². The molecule has 0 saturated carbocycles. The predicted octanol–water partition coefficient (Wildman–Crippen LogP) is 3.53. The molecule has 0 bridgehead atoms. The third-order valence-electron chi connectivity index (χ3n) is 3.23. The van der Waals surface area contributed by atoms with Gasteiger partial charge in [0.1, 0.15) is 0 Å². The van der Waals surface area contributed by atoms with Crippen molar-refractivity contribution in [1.82, 2.24) is 4.90 Å². The largest absolute Gasteiger partial charge is 0.381 e. The van der Waals surface area contributed by atoms with Crippen LogP contribution in [0.25, 0.3) is 0 Å². The summed E-state index contributed by atoms with van der Waals surface area (Å²) in [7, 11) is 3.37. The fourth-order valence-electron chi connectivity index (χ4n) is 2.02. The highest BCUT2D eigenvalue weighted by Crippen LogP contribution is 2.22. The van der Waals surface area contributed by atoms with Crippen molar-refractivity contribution in [2.75, 3.05) is 19.4 Å². The monoisotopic (exact) mass is 313 g/mol. The zero-order valence-corrected chi connectivity index (χ0v) is 13.2. The van der Waals surface area contributed by atoms with Gasteiger partial charge in [0.05, 0.1) is 22.2 Å². The maximum absolute atomic E-state index is 11.9. The molecular weight excluding hydrogens is 298 g/mol. The van der Waals surface area contributed by atoms with Crippen LogP contribution in [0.5, 0.6) is 0 Å². The summed E-state index contributed by atoms with van der Waals surface area (Å²) in [5.74, 6) is -0.133. The number of nitrogens with zero attached hydrogens (tertiary/aromatic N) is 2. The molecule has 0 aliphatic carbocycles. The number of hydrogen-bond donors (Lipinski definition) is 1. The Bertz CT molecular complexity index is 735. The van der Waals surface area contributed by atoms with Crippen molar-refractivity contribution in [3.8, 4) is 6.07 Å². The van der Waals surface area contributed by atoms with E-state index >= 15 is 0 Å². The van der Waals surface area contributed by atoms with Gasteiger partial charge in [-0.3, -0.25) is 4.79 Å². The molecule has 0 aliphatic heterocycles. The molecule has 22 heavy (non-hydrogen) atoms. The Labute approximate surface area is 134 Å². The van der Waals surface area contributed by atoms with Crippen molar-refractivity contribution in [3.05, 3.63) is 64.2 Å². The van der Waals surface area contributed by atoms with E-state index in [2.05, 4.69) is 11.4 Å². The third kappa shape index (κ3) is 3.57. The Hall–Kier alpha value is -2.51. The molecule has 0 radical (unpaired) electrons. The van der Waals surface area contributed by atoms with E-state index in [1.54, 1.807) is 38.4 Å². The van der Waals surface area contributed by atoms with Gasteiger partial charge in [0.15, 0.2) is 0 Å². The molecule has 4 nitrogen and oxygen atoms in total. The molecule has 0 unspecified atom stereocenters. The summed E-state index contributed by atoms with van der Waals surface area (Å²) in [6.45, 7) is 0.515. The van der Waals surface area contributed by atoms with Gasteiger partial charge >= 0.3 is 0 Å². The minimum Gasteiger partial charge on any atom is -0.381 e. The van der Waals surface area contributed by atoms with Gasteiger partial charge in [0.25, 0.3) is 5.91 Å². The lowest BCUT2D eigenvalue weighted by Crippen LogP contribution is -2.22. The van der Waals surface area contributed by atoms with Gasteiger partial charge in [-0.1, -0.05) is 29.8 Å². The number of amides is 1. The molecule has 0 aliphatic rings. The van der Waals surface area contributed by atoms with E-state index in [0.29, 0.717) is 22.7 Å². The molecular formula is C17H16ClN3O. The number of halogens is 1. The molecule has 2 aromatic rings. The third-order valence-corrected chi connectivity index (χ3v) is 3.54. The fourth-order valence-corrected chi connectivity index (χ4v) is 2.28. The van der Waals surface area contributed by atoms with Crippen LogP contribution in [-0.2, 0) is 6.54 Å². The van der Waals surface area contributed by atoms with E-state index in [0.717, 1.165) is 11.3 Å². The SMILES string of the molecule is CN(C)C(=O)c1ccc(NCc2ccccc2C#N)cc1Cl. The number of rotatable bonds is 4. The zero-order chi connectivity index (χ0) is 16.1. The Morgan fingerprint density at radius 2 is 2.00 bits per heavy atom. The second kappa shape index (κ2) is 6.97. The van der Waals surface area contributed by atoms with Gasteiger partial charge in [-0.25, -0.2) is 0 Å². The average Bonchev–Trinajstić information content (AvgIpc) is 2.52. The van der Waals surface area contributed by atoms with Crippen LogP contribution in [-0.4, -0.2) is 24.9 Å². The molecule has 1 N–H and O–H groups in total. The number of carbonyl (C=O) groups excluding carboxylic acids is 1. The van der Waals surface area contributed by atoms with Crippen LogP contribution in [0.3, 0.4) is 0 Å². The first kappa shape index (κ1) is 15.9. The van der Waals surface area contributed by atoms with E-state index < -0.39 is 0 Å². The first-order valence-corrected chi connectivity index (χ1v) is 7.14. The van der Waals surface area contributed by atoms with Crippen molar-refractivity contribution in [2.24, 2.45) is 0 Å². The number of nitriles is 1. The maximum Gasteiger partial charge on any atom is 0.254 e. The summed E-state index contributed by atoms with van der Waals surface area (Å²) >= 11 is 6.17. The summed E-state index contributed by atoms with van der Waals surface area (Å²) in [6.07, 6.45) is 0. The Kier molecular flexibility index (Phi) is 5.03. The highest BCUT2D eigenvalue weighted by Gasteiger charge is 2.12. The normalized spacial score (nSPS) is 9.91. The second-order valence-corrected chi connectivity index (χ2v) is 5.42. The van der Waals surface area contributed by atoms with E-state index in [9.17, 15) is 4.79 Å². The van der Waals surface area contributed by atoms with Gasteiger partial charge in [-0.05, 0) is 29.8 Å². The van der Waals surface area contributed by atoms with Crippen molar-refractivity contribution in [1.29, 1.82) is 5.26 Å². The molecule has 0 spiro atoms. The molecule has 2 rings (SSSR count). The molecule has 2 aromatic carbocycles. The maximum atomic E-state index is 11.9. The average molecular weight is 314 g/mol. The molecule has 5 heteroatoms. The highest BCUT2D eigenvalue weighted by atomic mass is 35.5. The van der Waals surface area contributed by atoms with Gasteiger partial charge in [0, 0.05) is 26.3 Å². The Morgan fingerprint density at radius 1 is 1.27 bits per heavy atom. The van der Waals surface area contributed by atoms with Crippen LogP contribution in [0.1, 0.15) is 21.5 Å². The predicted molar refractivity (Wildman–Crippen MR) is 88.0 cm³/mol. The van der Waals surface area contributed by atoms with Crippen LogP contribution in [0.2, 0.25) is 5.02 Å². The number of anilines is 1. The lowest BCUT2D eigenvalue weighted by molar-refractivity contribution is 0.0828. The summed E-state index contributed by atoms with van der Waals surface area (Å²) in [6, 6.07) is 14.8. The van der Waals surface area contributed by atoms with Gasteiger partial charge in [0.2, 0.25) is 0 Å². The molecule has 0 heterocycles. The fraction of sp³-hybridized carbons (Fsp3) is 0.176. The first-order chi connectivity index (χ1) is 10.5. The standard InChI is InChI=1S/C17H16ClN3O/c1-21(2)17(22)15-8-7-14(9-16(15)18)20-11-13-6-4-3-5-12(13)10-19/h3-9,20H,11H2,1-2H3. The van der Waals surface area contributed by atoms with Crippen LogP contribution in [0, 0.1) is 11.3 Å². The summed E-state index contributed by atoms with van der Waals surface area (Å²) in [5, 5.41) is 12.7. The minimum absolute atomic E-state index is 0.133. The van der Waals surface area contributed by atoms with Crippen molar-refractivity contribution < 1.29 is 4.79 Å². The van der Waals surface area contributed by atoms with E-state index in [1.807, 2.05) is 18.2 Å². The lowest BCUT2D eigenvalue weighted by Gasteiger charge is -2.13. The topological polar surface area (TPSA) is 56.1 Å². The van der Waals surface area contributed by atoms with Crippen molar-refractivity contribution in [3.63, 3.8) is 0 Å². The Balaban J connectivity index is 2.13. The molecule has 1 amide bonds. The minimum atomic E-state index is -0.133. The second-order valence-electron chi connectivity index (χ2n) is 5.02. The van der Waals surface area contributed by atoms with Gasteiger partial charge in [-0.2, -0.15) is 5.26 Å². The van der Waals surface area contributed by atoms with Crippen LogP contribution in [0.4, 0.5) is 5.69 Å².